The predicted octanol–water partition coefficient (Wildman–Crippen LogP) is 1.82. The minimum atomic E-state index is -0.573. The molecule has 1 atom stereocenters. The lowest BCUT2D eigenvalue weighted by molar-refractivity contribution is 0.205. The summed E-state index contributed by atoms with van der Waals surface area (Å²) in [5.41, 5.74) is 7.16. The van der Waals surface area contributed by atoms with Crippen molar-refractivity contribution in [1.29, 1.82) is 0 Å². The van der Waals surface area contributed by atoms with E-state index < -0.39 is 6.10 Å². The molecule has 0 fully saturated rings. The van der Waals surface area contributed by atoms with Gasteiger partial charge in [-0.15, -0.1) is 0 Å². The second-order valence-electron chi connectivity index (χ2n) is 3.35. The fourth-order valence-corrected chi connectivity index (χ4v) is 2.17. The van der Waals surface area contributed by atoms with E-state index in [-0.39, 0.29) is 0 Å². The van der Waals surface area contributed by atoms with Gasteiger partial charge in [-0.1, -0.05) is 30.0 Å². The van der Waals surface area contributed by atoms with E-state index in [0.29, 0.717) is 11.4 Å². The number of hydrogen-bond acceptors (Lipinski definition) is 4. The van der Waals surface area contributed by atoms with Crippen LogP contribution in [0.5, 0.6) is 0 Å². The first-order chi connectivity index (χ1) is 7.77. The van der Waals surface area contributed by atoms with Crippen LogP contribution in [0.3, 0.4) is 0 Å². The summed E-state index contributed by atoms with van der Waals surface area (Å²) in [5.74, 6) is 0.529. The van der Waals surface area contributed by atoms with Crippen molar-refractivity contribution in [1.82, 2.24) is 9.97 Å². The molecule has 84 valence electrons. The Hall–Kier alpha value is -1.46. The number of nitrogen functional groups attached to an aromatic ring is 1. The predicted molar refractivity (Wildman–Crippen MR) is 65.1 cm³/mol. The standard InChI is InChI=1S/C11H13N3OS/c12-9-4-2-1-3-8(9)10(15)7-16-11-13-5-6-14-11/h1-6,10,15H,7,12H2,(H,13,14). The van der Waals surface area contributed by atoms with Gasteiger partial charge in [-0.25, -0.2) is 4.98 Å². The monoisotopic (exact) mass is 235 g/mol. The molecule has 0 radical (unpaired) electrons. The lowest BCUT2D eigenvalue weighted by Crippen LogP contribution is -2.04. The number of aromatic nitrogens is 2. The smallest absolute Gasteiger partial charge is 0.165 e. The highest BCUT2D eigenvalue weighted by Gasteiger charge is 2.11. The van der Waals surface area contributed by atoms with Crippen LogP contribution in [0.25, 0.3) is 0 Å². The van der Waals surface area contributed by atoms with E-state index in [1.807, 2.05) is 18.2 Å². The number of aromatic amines is 1. The molecule has 0 amide bonds. The lowest BCUT2D eigenvalue weighted by Gasteiger charge is -2.11. The highest BCUT2D eigenvalue weighted by atomic mass is 32.2. The van der Waals surface area contributed by atoms with Gasteiger partial charge in [-0.2, -0.15) is 0 Å². The first kappa shape index (κ1) is 11.0. The SMILES string of the molecule is Nc1ccccc1C(O)CSc1ncc[nH]1. The van der Waals surface area contributed by atoms with Crippen molar-refractivity contribution in [2.45, 2.75) is 11.3 Å². The minimum absolute atomic E-state index is 0.529. The molecule has 1 aromatic heterocycles. The lowest BCUT2D eigenvalue weighted by atomic mass is 10.1. The molecule has 0 saturated heterocycles. The molecule has 0 aliphatic carbocycles. The molecule has 0 aliphatic heterocycles. The normalized spacial score (nSPS) is 12.6. The van der Waals surface area contributed by atoms with Crippen molar-refractivity contribution in [3.8, 4) is 0 Å². The number of benzene rings is 1. The van der Waals surface area contributed by atoms with Crippen LogP contribution >= 0.6 is 11.8 Å². The van der Waals surface area contributed by atoms with Crippen molar-refractivity contribution < 1.29 is 5.11 Å². The zero-order valence-electron chi connectivity index (χ0n) is 8.63. The van der Waals surface area contributed by atoms with Gasteiger partial charge in [-0.3, -0.25) is 0 Å². The Balaban J connectivity index is 1.98. The number of imidazole rings is 1. The Morgan fingerprint density at radius 3 is 2.94 bits per heavy atom. The molecule has 4 nitrogen and oxygen atoms in total. The van der Waals surface area contributed by atoms with Crippen LogP contribution in [0.1, 0.15) is 11.7 Å². The molecule has 16 heavy (non-hydrogen) atoms. The van der Waals surface area contributed by atoms with Crippen molar-refractivity contribution in [2.75, 3.05) is 11.5 Å². The molecule has 0 aliphatic rings. The van der Waals surface area contributed by atoms with Crippen LogP contribution in [0, 0.1) is 0 Å². The Labute approximate surface area is 97.9 Å². The molecule has 0 spiro atoms. The molecule has 0 bridgehead atoms. The Bertz CT molecular complexity index is 444. The second kappa shape index (κ2) is 5.05. The highest BCUT2D eigenvalue weighted by molar-refractivity contribution is 7.99. The second-order valence-corrected chi connectivity index (χ2v) is 4.36. The average Bonchev–Trinajstić information content (AvgIpc) is 2.79. The van der Waals surface area contributed by atoms with Crippen LogP contribution in [-0.2, 0) is 0 Å². The third-order valence-corrected chi connectivity index (χ3v) is 3.19. The number of H-pyrrole nitrogens is 1. The number of anilines is 1. The molecule has 1 aromatic carbocycles. The summed E-state index contributed by atoms with van der Waals surface area (Å²) in [6.07, 6.45) is 2.87. The summed E-state index contributed by atoms with van der Waals surface area (Å²) in [4.78, 5) is 7.04. The number of aliphatic hydroxyl groups is 1. The third kappa shape index (κ3) is 2.56. The average molecular weight is 235 g/mol. The number of aliphatic hydroxyl groups excluding tert-OH is 1. The first-order valence-electron chi connectivity index (χ1n) is 4.92. The number of nitrogens with one attached hydrogen (secondary N) is 1. The van der Waals surface area contributed by atoms with Gasteiger partial charge in [0, 0.05) is 29.4 Å². The maximum absolute atomic E-state index is 9.96. The van der Waals surface area contributed by atoms with Gasteiger partial charge in [0.25, 0.3) is 0 Å². The van der Waals surface area contributed by atoms with Crippen molar-refractivity contribution in [3.63, 3.8) is 0 Å². The molecule has 2 rings (SSSR count). The topological polar surface area (TPSA) is 74.9 Å². The number of nitrogens with zero attached hydrogens (tertiary/aromatic N) is 1. The number of thioether (sulfide) groups is 1. The molecule has 1 unspecified atom stereocenters. The number of hydrogen-bond donors (Lipinski definition) is 3. The van der Waals surface area contributed by atoms with Gasteiger partial charge in [0.1, 0.15) is 0 Å². The highest BCUT2D eigenvalue weighted by Crippen LogP contribution is 2.25. The van der Waals surface area contributed by atoms with Gasteiger partial charge < -0.3 is 15.8 Å². The van der Waals surface area contributed by atoms with E-state index in [1.54, 1.807) is 18.5 Å². The minimum Gasteiger partial charge on any atom is -0.398 e. The van der Waals surface area contributed by atoms with Crippen molar-refractivity contribution in [2.24, 2.45) is 0 Å². The number of nitrogens with two attached hydrogens (primary N) is 1. The number of rotatable bonds is 4. The van der Waals surface area contributed by atoms with Crippen LogP contribution in [0.2, 0.25) is 0 Å². The summed E-state index contributed by atoms with van der Waals surface area (Å²) >= 11 is 1.47. The Morgan fingerprint density at radius 1 is 1.44 bits per heavy atom. The van der Waals surface area contributed by atoms with E-state index in [1.165, 1.54) is 11.8 Å². The zero-order valence-corrected chi connectivity index (χ0v) is 9.45. The van der Waals surface area contributed by atoms with E-state index in [0.717, 1.165) is 10.7 Å². The fourth-order valence-electron chi connectivity index (χ4n) is 1.39. The van der Waals surface area contributed by atoms with Crippen molar-refractivity contribution >= 4 is 17.4 Å². The van der Waals surface area contributed by atoms with Crippen LogP contribution < -0.4 is 5.73 Å². The largest absolute Gasteiger partial charge is 0.398 e. The summed E-state index contributed by atoms with van der Waals surface area (Å²) in [6.45, 7) is 0. The maximum atomic E-state index is 9.96. The maximum Gasteiger partial charge on any atom is 0.165 e. The first-order valence-corrected chi connectivity index (χ1v) is 5.90. The van der Waals surface area contributed by atoms with Gasteiger partial charge in [0.15, 0.2) is 5.16 Å². The van der Waals surface area contributed by atoms with Crippen LogP contribution in [0.15, 0.2) is 41.8 Å². The van der Waals surface area contributed by atoms with Crippen LogP contribution in [-0.4, -0.2) is 20.8 Å². The third-order valence-electron chi connectivity index (χ3n) is 2.21. The molecule has 2 aromatic rings. The van der Waals surface area contributed by atoms with E-state index in [4.69, 9.17) is 5.73 Å². The van der Waals surface area contributed by atoms with Crippen molar-refractivity contribution in [3.05, 3.63) is 42.2 Å². The van der Waals surface area contributed by atoms with Gasteiger partial charge in [0.2, 0.25) is 0 Å². The summed E-state index contributed by atoms with van der Waals surface area (Å²) in [6, 6.07) is 7.34. The molecule has 4 N–H and O–H groups in total. The summed E-state index contributed by atoms with van der Waals surface area (Å²) in [5, 5.41) is 10.8. The molecule has 5 heteroatoms. The molecule has 0 saturated carbocycles. The molecular weight excluding hydrogens is 222 g/mol. The molecular formula is C11H13N3OS. The van der Waals surface area contributed by atoms with Gasteiger partial charge in [0.05, 0.1) is 6.10 Å². The summed E-state index contributed by atoms with van der Waals surface area (Å²) < 4.78 is 0. The Kier molecular flexibility index (Phi) is 3.48. The Morgan fingerprint density at radius 2 is 2.25 bits per heavy atom. The fraction of sp³-hybridized carbons (Fsp3) is 0.182. The van der Waals surface area contributed by atoms with Crippen LogP contribution in [0.4, 0.5) is 5.69 Å². The number of para-hydroxylation sites is 1. The van der Waals surface area contributed by atoms with E-state index >= 15 is 0 Å². The zero-order chi connectivity index (χ0) is 11.4. The van der Waals surface area contributed by atoms with Gasteiger partial charge >= 0.3 is 0 Å². The van der Waals surface area contributed by atoms with E-state index in [2.05, 4.69) is 9.97 Å². The quantitative estimate of drug-likeness (QED) is 0.558. The van der Waals surface area contributed by atoms with Gasteiger partial charge in [-0.05, 0) is 6.07 Å². The molecule has 1 heterocycles. The van der Waals surface area contributed by atoms with E-state index in [9.17, 15) is 5.11 Å². The summed E-state index contributed by atoms with van der Waals surface area (Å²) in [7, 11) is 0.